The summed E-state index contributed by atoms with van der Waals surface area (Å²) in [6.07, 6.45) is 0. The molecule has 1 saturated heterocycles. The van der Waals surface area contributed by atoms with E-state index in [-0.39, 0.29) is 11.8 Å². The average Bonchev–Trinajstić information content (AvgIpc) is 2.98. The van der Waals surface area contributed by atoms with Crippen LogP contribution >= 0.6 is 0 Å². The normalized spacial score (nSPS) is 19.0. The number of hydrogen-bond acceptors (Lipinski definition) is 6. The highest BCUT2D eigenvalue weighted by molar-refractivity contribution is 5.56. The van der Waals surface area contributed by atoms with Crippen molar-refractivity contribution in [1.29, 1.82) is 0 Å². The molecule has 0 amide bonds. The summed E-state index contributed by atoms with van der Waals surface area (Å²) >= 11 is 0. The van der Waals surface area contributed by atoms with Gasteiger partial charge in [0, 0.05) is 12.1 Å². The number of nitrogens with zero attached hydrogens (tertiary/aromatic N) is 2. The van der Waals surface area contributed by atoms with Gasteiger partial charge in [0.2, 0.25) is 11.7 Å². The summed E-state index contributed by atoms with van der Waals surface area (Å²) in [6.45, 7) is 1.89. The fourth-order valence-electron chi connectivity index (χ4n) is 2.02. The smallest absolute Gasteiger partial charge is 0.246 e. The molecule has 1 atom stereocenters. The molecule has 3 rings (SSSR count). The first kappa shape index (κ1) is 13.0. The molecule has 2 aromatic rings. The summed E-state index contributed by atoms with van der Waals surface area (Å²) in [5.41, 5.74) is 0.537. The molecule has 0 radical (unpaired) electrons. The van der Waals surface area contributed by atoms with Crippen molar-refractivity contribution in [2.45, 2.75) is 6.04 Å². The molecule has 20 heavy (non-hydrogen) atoms. The molecule has 7 heteroatoms. The lowest BCUT2D eigenvalue weighted by atomic mass is 10.2. The Labute approximate surface area is 114 Å². The molecule has 106 valence electrons. The van der Waals surface area contributed by atoms with Crippen LogP contribution in [0.5, 0.6) is 5.75 Å². The maximum atomic E-state index is 13.7. The van der Waals surface area contributed by atoms with E-state index in [1.807, 2.05) is 0 Å². The van der Waals surface area contributed by atoms with Gasteiger partial charge in [0.1, 0.15) is 6.04 Å². The van der Waals surface area contributed by atoms with Crippen molar-refractivity contribution >= 4 is 0 Å². The Morgan fingerprint density at radius 3 is 3.05 bits per heavy atom. The third kappa shape index (κ3) is 2.50. The zero-order chi connectivity index (χ0) is 13.9. The van der Waals surface area contributed by atoms with Crippen LogP contribution in [0.2, 0.25) is 0 Å². The van der Waals surface area contributed by atoms with Crippen molar-refractivity contribution in [2.75, 3.05) is 26.9 Å². The summed E-state index contributed by atoms with van der Waals surface area (Å²) in [5, 5.41) is 7.08. The predicted molar refractivity (Wildman–Crippen MR) is 67.8 cm³/mol. The number of nitrogens with one attached hydrogen (secondary N) is 1. The van der Waals surface area contributed by atoms with Crippen molar-refractivity contribution in [3.63, 3.8) is 0 Å². The Morgan fingerprint density at radius 1 is 1.45 bits per heavy atom. The molecule has 0 bridgehead atoms. The van der Waals surface area contributed by atoms with Crippen LogP contribution in [0.4, 0.5) is 4.39 Å². The molecule has 0 spiro atoms. The lowest BCUT2D eigenvalue weighted by Gasteiger charge is -2.20. The van der Waals surface area contributed by atoms with Gasteiger partial charge in [0.05, 0.1) is 20.3 Å². The van der Waals surface area contributed by atoms with Crippen LogP contribution in [0.15, 0.2) is 22.7 Å². The molecule has 2 heterocycles. The maximum absolute atomic E-state index is 13.7. The minimum atomic E-state index is -0.463. The molecule has 1 aromatic carbocycles. The summed E-state index contributed by atoms with van der Waals surface area (Å²) in [5.74, 6) is 0.500. The summed E-state index contributed by atoms with van der Waals surface area (Å²) in [4.78, 5) is 4.27. The SMILES string of the molecule is COc1ccc(-c2noc(C3COCCN3)n2)cc1F. The number of methoxy groups -OCH3 is 1. The van der Waals surface area contributed by atoms with Gasteiger partial charge in [-0.1, -0.05) is 5.16 Å². The molecular formula is C13H14FN3O3. The van der Waals surface area contributed by atoms with E-state index in [9.17, 15) is 4.39 Å². The Balaban J connectivity index is 1.84. The summed E-state index contributed by atoms with van der Waals surface area (Å²) in [6, 6.07) is 4.41. The van der Waals surface area contributed by atoms with Gasteiger partial charge >= 0.3 is 0 Å². The topological polar surface area (TPSA) is 69.4 Å². The van der Waals surface area contributed by atoms with E-state index < -0.39 is 5.82 Å². The maximum Gasteiger partial charge on any atom is 0.246 e. The molecule has 1 aliphatic heterocycles. The average molecular weight is 279 g/mol. The van der Waals surface area contributed by atoms with Gasteiger partial charge in [0.15, 0.2) is 11.6 Å². The predicted octanol–water partition coefficient (Wildman–Crippen LogP) is 1.55. The van der Waals surface area contributed by atoms with E-state index >= 15 is 0 Å². The zero-order valence-corrected chi connectivity index (χ0v) is 10.9. The number of morpholine rings is 1. The zero-order valence-electron chi connectivity index (χ0n) is 10.9. The van der Waals surface area contributed by atoms with E-state index in [4.69, 9.17) is 14.0 Å². The minimum Gasteiger partial charge on any atom is -0.494 e. The molecule has 1 fully saturated rings. The van der Waals surface area contributed by atoms with Gasteiger partial charge < -0.3 is 19.3 Å². The van der Waals surface area contributed by atoms with Crippen molar-refractivity contribution in [2.24, 2.45) is 0 Å². The fourth-order valence-corrected chi connectivity index (χ4v) is 2.02. The molecule has 6 nitrogen and oxygen atoms in total. The highest BCUT2D eigenvalue weighted by atomic mass is 19.1. The number of ether oxygens (including phenoxy) is 2. The summed E-state index contributed by atoms with van der Waals surface area (Å²) in [7, 11) is 1.42. The third-order valence-electron chi connectivity index (χ3n) is 3.07. The Kier molecular flexibility index (Phi) is 3.62. The second kappa shape index (κ2) is 5.56. The highest BCUT2D eigenvalue weighted by Gasteiger charge is 2.22. The Morgan fingerprint density at radius 2 is 2.35 bits per heavy atom. The largest absolute Gasteiger partial charge is 0.494 e. The quantitative estimate of drug-likeness (QED) is 0.919. The van der Waals surface area contributed by atoms with Crippen molar-refractivity contribution in [3.05, 3.63) is 29.9 Å². The van der Waals surface area contributed by atoms with E-state index in [0.29, 0.717) is 30.5 Å². The van der Waals surface area contributed by atoms with Crippen LogP contribution < -0.4 is 10.1 Å². The lowest BCUT2D eigenvalue weighted by molar-refractivity contribution is 0.0659. The summed E-state index contributed by atoms with van der Waals surface area (Å²) < 4.78 is 29.1. The van der Waals surface area contributed by atoms with Crippen molar-refractivity contribution < 1.29 is 18.4 Å². The van der Waals surface area contributed by atoms with Crippen LogP contribution in [0.25, 0.3) is 11.4 Å². The van der Waals surface area contributed by atoms with Gasteiger partial charge in [-0.3, -0.25) is 0 Å². The number of hydrogen-bond donors (Lipinski definition) is 1. The van der Waals surface area contributed by atoms with E-state index in [1.54, 1.807) is 6.07 Å². The highest BCUT2D eigenvalue weighted by Crippen LogP contribution is 2.24. The molecule has 1 aromatic heterocycles. The monoisotopic (exact) mass is 279 g/mol. The molecule has 1 unspecified atom stereocenters. The van der Waals surface area contributed by atoms with Crippen LogP contribution in [0.1, 0.15) is 11.9 Å². The fraction of sp³-hybridized carbons (Fsp3) is 0.385. The number of aromatic nitrogens is 2. The van der Waals surface area contributed by atoms with Gasteiger partial charge in [-0.05, 0) is 18.2 Å². The van der Waals surface area contributed by atoms with Crippen molar-refractivity contribution in [3.8, 4) is 17.1 Å². The van der Waals surface area contributed by atoms with Crippen LogP contribution in [0, 0.1) is 5.82 Å². The molecule has 0 aliphatic carbocycles. The molecular weight excluding hydrogens is 265 g/mol. The molecule has 1 N–H and O–H groups in total. The van der Waals surface area contributed by atoms with Gasteiger partial charge in [0.25, 0.3) is 0 Å². The van der Waals surface area contributed by atoms with E-state index in [1.165, 1.54) is 19.2 Å². The van der Waals surface area contributed by atoms with Gasteiger partial charge in [-0.2, -0.15) is 4.98 Å². The Hall–Kier alpha value is -1.99. The number of rotatable bonds is 3. The minimum absolute atomic E-state index is 0.118. The lowest BCUT2D eigenvalue weighted by Crippen LogP contribution is -2.34. The van der Waals surface area contributed by atoms with Gasteiger partial charge in [-0.25, -0.2) is 4.39 Å². The van der Waals surface area contributed by atoms with Crippen LogP contribution in [-0.2, 0) is 4.74 Å². The van der Waals surface area contributed by atoms with E-state index in [0.717, 1.165) is 6.54 Å². The second-order valence-electron chi connectivity index (χ2n) is 4.39. The van der Waals surface area contributed by atoms with E-state index in [2.05, 4.69) is 15.5 Å². The van der Waals surface area contributed by atoms with Crippen molar-refractivity contribution in [1.82, 2.24) is 15.5 Å². The van der Waals surface area contributed by atoms with Gasteiger partial charge in [-0.15, -0.1) is 0 Å². The first-order valence-electron chi connectivity index (χ1n) is 6.26. The third-order valence-corrected chi connectivity index (χ3v) is 3.07. The van der Waals surface area contributed by atoms with Crippen LogP contribution in [-0.4, -0.2) is 37.0 Å². The molecule has 0 saturated carbocycles. The first-order valence-corrected chi connectivity index (χ1v) is 6.26. The van der Waals surface area contributed by atoms with Crippen LogP contribution in [0.3, 0.4) is 0 Å². The second-order valence-corrected chi connectivity index (χ2v) is 4.39. The number of benzene rings is 1. The standard InChI is InChI=1S/C13H14FN3O3/c1-18-11-3-2-8(6-9(11)14)12-16-13(20-17-12)10-7-19-5-4-15-10/h2-3,6,10,15H,4-5,7H2,1H3. The first-order chi connectivity index (χ1) is 9.78. The number of halogens is 1. The molecule has 1 aliphatic rings. The Bertz CT molecular complexity index is 596.